The molecule has 8 nitrogen and oxygen atoms in total. The van der Waals surface area contributed by atoms with Crippen LogP contribution in [0, 0.1) is 29.1 Å². The topological polar surface area (TPSA) is 111 Å². The number of fused-ring (bicyclic) bond motifs is 1. The first-order valence-corrected chi connectivity index (χ1v) is 13.2. The highest BCUT2D eigenvalue weighted by atomic mass is 32.2. The number of nitrogens with zero attached hydrogens (tertiary/aromatic N) is 3. The molecule has 2 aliphatic heterocycles. The van der Waals surface area contributed by atoms with Gasteiger partial charge in [-0.2, -0.15) is 22.7 Å². The maximum absolute atomic E-state index is 13.4. The fourth-order valence-electron chi connectivity index (χ4n) is 4.94. The van der Waals surface area contributed by atoms with Crippen molar-refractivity contribution in [3.8, 4) is 6.07 Å². The second-order valence-electron chi connectivity index (χ2n) is 9.65. The average Bonchev–Trinajstić information content (AvgIpc) is 3.50. The van der Waals surface area contributed by atoms with Crippen LogP contribution >= 0.6 is 0 Å². The number of benzene rings is 2. The van der Waals surface area contributed by atoms with E-state index in [1.165, 1.54) is 45.6 Å². The third kappa shape index (κ3) is 4.81. The van der Waals surface area contributed by atoms with E-state index >= 15 is 0 Å². The van der Waals surface area contributed by atoms with E-state index in [0.717, 1.165) is 18.6 Å². The molecule has 1 N–H and O–H groups in total. The number of amides is 2. The van der Waals surface area contributed by atoms with Crippen molar-refractivity contribution in [3.05, 3.63) is 65.2 Å². The molecule has 2 heterocycles. The van der Waals surface area contributed by atoms with Gasteiger partial charge in [0.15, 0.2) is 0 Å². The Morgan fingerprint density at radius 3 is 2.43 bits per heavy atom. The van der Waals surface area contributed by atoms with Crippen molar-refractivity contribution in [1.82, 2.24) is 14.5 Å². The summed E-state index contributed by atoms with van der Waals surface area (Å²) in [7, 11) is -3.85. The van der Waals surface area contributed by atoms with E-state index in [0.29, 0.717) is 12.1 Å². The van der Waals surface area contributed by atoms with E-state index in [9.17, 15) is 31.2 Å². The van der Waals surface area contributed by atoms with Crippen molar-refractivity contribution in [3.63, 3.8) is 0 Å². The predicted molar refractivity (Wildman–Crippen MR) is 124 cm³/mol. The fraction of sp³-hybridized carbons (Fsp3) is 0.400. The van der Waals surface area contributed by atoms with E-state index < -0.39 is 39.6 Å². The molecule has 194 valence electrons. The van der Waals surface area contributed by atoms with Crippen LogP contribution in [-0.4, -0.2) is 55.1 Å². The molecule has 3 fully saturated rings. The van der Waals surface area contributed by atoms with Crippen LogP contribution in [0.5, 0.6) is 0 Å². The van der Waals surface area contributed by atoms with Crippen LogP contribution in [0.1, 0.15) is 27.9 Å². The maximum Gasteiger partial charge on any atom is 0.416 e. The highest BCUT2D eigenvalue weighted by Crippen LogP contribution is 2.50. The monoisotopic (exact) mass is 532 g/mol. The normalized spacial score (nSPS) is 23.6. The smallest absolute Gasteiger partial charge is 0.350 e. The number of carbonyl (C=O) groups is 2. The highest BCUT2D eigenvalue weighted by molar-refractivity contribution is 7.89. The molecule has 2 aromatic carbocycles. The summed E-state index contributed by atoms with van der Waals surface area (Å²) in [6.45, 7) is 0.594. The number of halogens is 3. The van der Waals surface area contributed by atoms with E-state index in [1.807, 2.05) is 6.07 Å². The summed E-state index contributed by atoms with van der Waals surface area (Å²) in [5, 5.41) is 11.6. The molecular formula is C25H23F3N4O4S. The Morgan fingerprint density at radius 2 is 1.78 bits per heavy atom. The summed E-state index contributed by atoms with van der Waals surface area (Å²) in [5.41, 5.74) is -0.147. The van der Waals surface area contributed by atoms with E-state index in [1.54, 1.807) is 0 Å². The first-order valence-electron chi connectivity index (χ1n) is 11.7. The lowest BCUT2D eigenvalue weighted by molar-refractivity contribution is -0.137. The molecule has 0 spiro atoms. The lowest BCUT2D eigenvalue weighted by atomic mass is 10.1. The highest BCUT2D eigenvalue weighted by Gasteiger charge is 2.56. The zero-order valence-corrected chi connectivity index (χ0v) is 20.3. The molecule has 3 atom stereocenters. The number of hydrogen-bond acceptors (Lipinski definition) is 5. The van der Waals surface area contributed by atoms with Crippen molar-refractivity contribution >= 4 is 21.8 Å². The first kappa shape index (κ1) is 25.2. The molecular weight excluding hydrogens is 509 g/mol. The number of rotatable bonds is 6. The van der Waals surface area contributed by atoms with Gasteiger partial charge in [-0.05, 0) is 54.2 Å². The van der Waals surface area contributed by atoms with E-state index in [2.05, 4.69) is 5.32 Å². The molecule has 0 radical (unpaired) electrons. The summed E-state index contributed by atoms with van der Waals surface area (Å²) in [6.07, 6.45) is -3.65. The van der Waals surface area contributed by atoms with Gasteiger partial charge in [-0.1, -0.05) is 18.2 Å². The van der Waals surface area contributed by atoms with Crippen LogP contribution in [0.15, 0.2) is 53.4 Å². The Morgan fingerprint density at radius 1 is 1.08 bits per heavy atom. The Balaban J connectivity index is 1.27. The Bertz CT molecular complexity index is 1380. The summed E-state index contributed by atoms with van der Waals surface area (Å²) >= 11 is 0. The molecule has 12 heteroatoms. The molecule has 1 saturated carbocycles. The zero-order valence-electron chi connectivity index (χ0n) is 19.5. The molecule has 0 bridgehead atoms. The second-order valence-corrected chi connectivity index (χ2v) is 11.6. The molecule has 0 unspecified atom stereocenters. The number of likely N-dealkylation sites (tertiary alicyclic amines) is 1. The van der Waals surface area contributed by atoms with Crippen molar-refractivity contribution in [1.29, 1.82) is 5.26 Å². The van der Waals surface area contributed by atoms with Crippen LogP contribution in [0.2, 0.25) is 0 Å². The van der Waals surface area contributed by atoms with Crippen molar-refractivity contribution in [2.75, 3.05) is 19.6 Å². The number of hydrogen-bond donors (Lipinski definition) is 1. The van der Waals surface area contributed by atoms with Crippen LogP contribution in [0.4, 0.5) is 13.2 Å². The molecule has 0 aromatic heterocycles. The predicted octanol–water partition coefficient (Wildman–Crippen LogP) is 2.63. The van der Waals surface area contributed by atoms with Gasteiger partial charge in [-0.3, -0.25) is 9.59 Å². The molecule has 2 saturated heterocycles. The Labute approximate surface area is 211 Å². The minimum absolute atomic E-state index is 0.00697. The van der Waals surface area contributed by atoms with E-state index in [4.69, 9.17) is 5.26 Å². The fourth-order valence-corrected chi connectivity index (χ4v) is 6.51. The van der Waals surface area contributed by atoms with Gasteiger partial charge in [-0.25, -0.2) is 8.42 Å². The Hall–Kier alpha value is -3.43. The van der Waals surface area contributed by atoms with Gasteiger partial charge < -0.3 is 10.2 Å². The van der Waals surface area contributed by atoms with Crippen LogP contribution in [0.25, 0.3) is 0 Å². The van der Waals surface area contributed by atoms with Gasteiger partial charge in [0.05, 0.1) is 22.4 Å². The lowest BCUT2D eigenvalue weighted by Gasteiger charge is -2.34. The van der Waals surface area contributed by atoms with Crippen LogP contribution in [-0.2, 0) is 27.5 Å². The standard InChI is InChI=1S/C25H23F3N4O4S/c26-25(27,28)19-6-4-15(5-7-19)11-30-23(33)22-21-9-18(21)14-32(22)24(34)17-2-1-3-20(8-17)37(35,36)31-12-16(10-29)13-31/h1-8,16,18,21-22H,9,11-14H2,(H,30,33)/t18-,21-,22-/m1/s1. The minimum Gasteiger partial charge on any atom is -0.350 e. The van der Waals surface area contributed by atoms with Crippen LogP contribution < -0.4 is 5.32 Å². The third-order valence-electron chi connectivity index (χ3n) is 7.18. The quantitative estimate of drug-likeness (QED) is 0.615. The van der Waals surface area contributed by atoms with Gasteiger partial charge in [-0.15, -0.1) is 0 Å². The van der Waals surface area contributed by atoms with Crippen molar-refractivity contribution < 1.29 is 31.2 Å². The van der Waals surface area contributed by atoms with Gasteiger partial charge in [0.2, 0.25) is 15.9 Å². The molecule has 5 rings (SSSR count). The number of carbonyl (C=O) groups excluding carboxylic acids is 2. The van der Waals surface area contributed by atoms with Crippen molar-refractivity contribution in [2.24, 2.45) is 17.8 Å². The van der Waals surface area contributed by atoms with Gasteiger partial charge in [0.25, 0.3) is 5.91 Å². The van der Waals surface area contributed by atoms with Gasteiger partial charge in [0, 0.05) is 31.7 Å². The average molecular weight is 533 g/mol. The summed E-state index contributed by atoms with van der Waals surface area (Å²) in [4.78, 5) is 27.8. The molecule has 3 aliphatic rings. The number of piperidine rings is 1. The lowest BCUT2D eigenvalue weighted by Crippen LogP contribution is -2.49. The summed E-state index contributed by atoms with van der Waals surface area (Å²) in [6, 6.07) is 11.4. The molecule has 2 aromatic rings. The summed E-state index contributed by atoms with van der Waals surface area (Å²) in [5.74, 6) is -1.03. The minimum atomic E-state index is -4.45. The largest absolute Gasteiger partial charge is 0.416 e. The third-order valence-corrected chi connectivity index (χ3v) is 9.00. The first-order chi connectivity index (χ1) is 17.5. The van der Waals surface area contributed by atoms with E-state index in [-0.39, 0.29) is 47.8 Å². The summed E-state index contributed by atoms with van der Waals surface area (Å²) < 4.78 is 65.2. The number of nitrogens with one attached hydrogen (secondary N) is 1. The zero-order chi connectivity index (χ0) is 26.5. The van der Waals surface area contributed by atoms with Crippen molar-refractivity contribution in [2.45, 2.75) is 30.1 Å². The Kier molecular flexibility index (Phi) is 6.24. The molecule has 37 heavy (non-hydrogen) atoms. The SMILES string of the molecule is N#CC1CN(S(=O)(=O)c2cccc(C(=O)N3C[C@H]4C[C@H]4[C@@H]3C(=O)NCc3ccc(C(F)(F)F)cc3)c2)C1. The van der Waals surface area contributed by atoms with Gasteiger partial charge >= 0.3 is 6.18 Å². The number of nitriles is 1. The molecule has 2 amide bonds. The number of alkyl halides is 3. The second kappa shape index (κ2) is 9.15. The maximum atomic E-state index is 13.4. The molecule has 1 aliphatic carbocycles. The van der Waals surface area contributed by atoms with Crippen LogP contribution in [0.3, 0.4) is 0 Å². The number of sulfonamides is 1. The van der Waals surface area contributed by atoms with Gasteiger partial charge in [0.1, 0.15) is 6.04 Å².